The van der Waals surface area contributed by atoms with Gasteiger partial charge in [-0.05, 0) is 12.8 Å². The van der Waals surface area contributed by atoms with E-state index in [1.165, 1.54) is 4.90 Å². The molecular formula is C11H21N3O4. The van der Waals surface area contributed by atoms with E-state index in [-0.39, 0.29) is 18.6 Å². The molecule has 104 valence electrons. The highest BCUT2D eigenvalue weighted by molar-refractivity contribution is 5.88. The van der Waals surface area contributed by atoms with Gasteiger partial charge < -0.3 is 20.1 Å². The second-order valence-corrected chi connectivity index (χ2v) is 4.70. The van der Waals surface area contributed by atoms with Crippen molar-refractivity contribution in [3.63, 3.8) is 0 Å². The molecule has 1 fully saturated rings. The van der Waals surface area contributed by atoms with Crippen molar-refractivity contribution in [1.29, 1.82) is 0 Å². The molecule has 0 radical (unpaired) electrons. The van der Waals surface area contributed by atoms with Gasteiger partial charge in [-0.15, -0.1) is 0 Å². The number of nitrogens with one attached hydrogen (secondary N) is 1. The van der Waals surface area contributed by atoms with Gasteiger partial charge in [-0.2, -0.15) is 0 Å². The predicted molar refractivity (Wildman–Crippen MR) is 64.0 cm³/mol. The number of carbonyl (C=O) groups is 2. The Morgan fingerprint density at radius 2 is 1.89 bits per heavy atom. The highest BCUT2D eigenvalue weighted by atomic mass is 16.9. The standard InChI is InChI=1S/C11H21N3O4/c1-6(2)8(13-11-17-5-18-11)10(16)14(4)7(3)9(12)15/h6-8,11,13H,5H2,1-4H3,(H2,12,15)/t7-,8-/m0/s1. The van der Waals surface area contributed by atoms with Gasteiger partial charge in [-0.3, -0.25) is 14.9 Å². The Morgan fingerprint density at radius 3 is 2.22 bits per heavy atom. The molecule has 7 nitrogen and oxygen atoms in total. The zero-order chi connectivity index (χ0) is 13.9. The third-order valence-electron chi connectivity index (χ3n) is 3.03. The van der Waals surface area contributed by atoms with Gasteiger partial charge in [0.05, 0.1) is 6.04 Å². The van der Waals surface area contributed by atoms with Gasteiger partial charge >= 0.3 is 0 Å². The molecule has 0 aromatic rings. The molecule has 7 heteroatoms. The van der Waals surface area contributed by atoms with Gasteiger partial charge in [-0.25, -0.2) is 0 Å². The summed E-state index contributed by atoms with van der Waals surface area (Å²) in [4.78, 5) is 24.7. The van der Waals surface area contributed by atoms with Gasteiger partial charge in [0.25, 0.3) is 0 Å². The Morgan fingerprint density at radius 1 is 1.33 bits per heavy atom. The van der Waals surface area contributed by atoms with Crippen LogP contribution in [0, 0.1) is 5.92 Å². The zero-order valence-corrected chi connectivity index (χ0v) is 11.2. The number of primary amides is 1. The topological polar surface area (TPSA) is 93.9 Å². The van der Waals surface area contributed by atoms with Crippen molar-refractivity contribution in [3.05, 3.63) is 0 Å². The molecular weight excluding hydrogens is 238 g/mol. The first-order valence-electron chi connectivity index (χ1n) is 5.89. The van der Waals surface area contributed by atoms with Crippen LogP contribution in [0.5, 0.6) is 0 Å². The third kappa shape index (κ3) is 3.41. The molecule has 1 rings (SSSR count). The lowest BCUT2D eigenvalue weighted by molar-refractivity contribution is -0.335. The minimum Gasteiger partial charge on any atom is -0.368 e. The van der Waals surface area contributed by atoms with E-state index in [1.807, 2.05) is 13.8 Å². The second-order valence-electron chi connectivity index (χ2n) is 4.70. The van der Waals surface area contributed by atoms with E-state index < -0.39 is 24.4 Å². The number of nitrogens with two attached hydrogens (primary N) is 1. The molecule has 1 aliphatic rings. The summed E-state index contributed by atoms with van der Waals surface area (Å²) in [5, 5.41) is 2.94. The molecule has 3 N–H and O–H groups in total. The first-order valence-corrected chi connectivity index (χ1v) is 5.89. The summed E-state index contributed by atoms with van der Waals surface area (Å²) in [5.41, 5.74) is 5.19. The molecule has 1 aliphatic heterocycles. The van der Waals surface area contributed by atoms with Crippen LogP contribution < -0.4 is 11.1 Å². The summed E-state index contributed by atoms with van der Waals surface area (Å²) in [6.45, 7) is 5.62. The number of ether oxygens (including phenoxy) is 2. The first kappa shape index (κ1) is 14.9. The van der Waals surface area contributed by atoms with Crippen molar-refractivity contribution in [2.75, 3.05) is 13.8 Å². The molecule has 0 aliphatic carbocycles. The van der Waals surface area contributed by atoms with Crippen LogP contribution in [0.15, 0.2) is 0 Å². The minimum absolute atomic E-state index is 0.0350. The van der Waals surface area contributed by atoms with Crippen LogP contribution in [0.25, 0.3) is 0 Å². The summed E-state index contributed by atoms with van der Waals surface area (Å²) >= 11 is 0. The Hall–Kier alpha value is -1.18. The normalized spacial score (nSPS) is 19.2. The molecule has 1 heterocycles. The van der Waals surface area contributed by atoms with Crippen LogP contribution in [0.1, 0.15) is 20.8 Å². The Bertz CT molecular complexity index is 317. The minimum atomic E-state index is -0.649. The molecule has 0 spiro atoms. The highest BCUT2D eigenvalue weighted by Crippen LogP contribution is 2.12. The summed E-state index contributed by atoms with van der Waals surface area (Å²) in [6, 6.07) is -1.13. The lowest BCUT2D eigenvalue weighted by Gasteiger charge is -2.35. The van der Waals surface area contributed by atoms with Gasteiger partial charge in [0.1, 0.15) is 6.04 Å². The fraction of sp³-hybridized carbons (Fsp3) is 0.818. The molecule has 0 saturated carbocycles. The van der Waals surface area contributed by atoms with Crippen molar-refractivity contribution in [2.45, 2.75) is 39.3 Å². The van der Waals surface area contributed by atoms with E-state index in [9.17, 15) is 9.59 Å². The van der Waals surface area contributed by atoms with Crippen LogP contribution in [-0.2, 0) is 19.1 Å². The van der Waals surface area contributed by atoms with Crippen molar-refractivity contribution in [3.8, 4) is 0 Å². The number of nitrogens with zero attached hydrogens (tertiary/aromatic N) is 1. The number of rotatable bonds is 6. The predicted octanol–water partition coefficient (Wildman–Crippen LogP) is -0.779. The number of hydrogen-bond donors (Lipinski definition) is 2. The van der Waals surface area contributed by atoms with Crippen LogP contribution in [0.4, 0.5) is 0 Å². The van der Waals surface area contributed by atoms with Crippen molar-refractivity contribution >= 4 is 11.8 Å². The monoisotopic (exact) mass is 259 g/mol. The molecule has 2 atom stereocenters. The number of hydrogen-bond acceptors (Lipinski definition) is 5. The van der Waals surface area contributed by atoms with Crippen LogP contribution >= 0.6 is 0 Å². The van der Waals surface area contributed by atoms with Crippen molar-refractivity contribution in [2.24, 2.45) is 11.7 Å². The smallest absolute Gasteiger partial charge is 0.240 e. The average molecular weight is 259 g/mol. The van der Waals surface area contributed by atoms with E-state index in [4.69, 9.17) is 15.2 Å². The Labute approximate surface area is 107 Å². The van der Waals surface area contributed by atoms with Crippen LogP contribution in [-0.4, -0.2) is 49.1 Å². The fourth-order valence-electron chi connectivity index (χ4n) is 1.53. The van der Waals surface area contributed by atoms with Crippen LogP contribution in [0.2, 0.25) is 0 Å². The van der Waals surface area contributed by atoms with E-state index in [2.05, 4.69) is 5.32 Å². The van der Waals surface area contributed by atoms with E-state index in [0.717, 1.165) is 0 Å². The van der Waals surface area contributed by atoms with Crippen molar-refractivity contribution in [1.82, 2.24) is 10.2 Å². The summed E-state index contributed by atoms with van der Waals surface area (Å²) < 4.78 is 10.1. The van der Waals surface area contributed by atoms with Gasteiger partial charge in [0.15, 0.2) is 6.79 Å². The van der Waals surface area contributed by atoms with E-state index >= 15 is 0 Å². The quantitative estimate of drug-likeness (QED) is 0.652. The molecule has 1 saturated heterocycles. The van der Waals surface area contributed by atoms with Gasteiger partial charge in [-0.1, -0.05) is 13.8 Å². The van der Waals surface area contributed by atoms with Gasteiger partial charge in [0, 0.05) is 7.05 Å². The molecule has 0 bridgehead atoms. The largest absolute Gasteiger partial charge is 0.368 e. The highest BCUT2D eigenvalue weighted by Gasteiger charge is 2.33. The van der Waals surface area contributed by atoms with E-state index in [1.54, 1.807) is 14.0 Å². The average Bonchev–Trinajstić information content (AvgIpc) is 2.24. The Balaban J connectivity index is 2.65. The molecule has 18 heavy (non-hydrogen) atoms. The number of likely N-dealkylation sites (N-methyl/N-ethyl adjacent to an activating group) is 1. The SMILES string of the molecule is CC(C)[C@H](NC1OCO1)C(=O)N(C)[C@@H](C)C(N)=O. The molecule has 0 unspecified atom stereocenters. The lowest BCUT2D eigenvalue weighted by Crippen LogP contribution is -2.58. The fourth-order valence-corrected chi connectivity index (χ4v) is 1.53. The van der Waals surface area contributed by atoms with Crippen LogP contribution in [0.3, 0.4) is 0 Å². The number of carbonyl (C=O) groups excluding carboxylic acids is 2. The molecule has 0 aromatic carbocycles. The zero-order valence-electron chi connectivity index (χ0n) is 11.2. The molecule has 2 amide bonds. The summed E-state index contributed by atoms with van der Waals surface area (Å²) in [5.74, 6) is -0.715. The maximum Gasteiger partial charge on any atom is 0.240 e. The maximum absolute atomic E-state index is 12.3. The number of amides is 2. The molecule has 0 aromatic heterocycles. The Kier molecular flexibility index (Phi) is 5.06. The third-order valence-corrected chi connectivity index (χ3v) is 3.03. The first-order chi connectivity index (χ1) is 8.34. The van der Waals surface area contributed by atoms with Crippen molar-refractivity contribution < 1.29 is 19.1 Å². The summed E-state index contributed by atoms with van der Waals surface area (Å²) in [6.07, 6.45) is -0.557. The van der Waals surface area contributed by atoms with Gasteiger partial charge in [0.2, 0.25) is 18.2 Å². The maximum atomic E-state index is 12.3. The lowest BCUT2D eigenvalue weighted by atomic mass is 10.0. The second kappa shape index (κ2) is 6.12. The van der Waals surface area contributed by atoms with E-state index in [0.29, 0.717) is 0 Å². The summed E-state index contributed by atoms with van der Waals surface area (Å²) in [7, 11) is 1.55.